The Morgan fingerprint density at radius 2 is 1.54 bits per heavy atom. The van der Waals surface area contributed by atoms with Crippen LogP contribution in [0.5, 0.6) is 0 Å². The zero-order chi connectivity index (χ0) is 45.8. The van der Waals surface area contributed by atoms with Crippen molar-refractivity contribution in [3.8, 4) is 0 Å². The van der Waals surface area contributed by atoms with Crippen molar-refractivity contribution in [3.63, 3.8) is 0 Å². The predicted octanol–water partition coefficient (Wildman–Crippen LogP) is 5.25. The number of hydrogen-bond donors (Lipinski definition) is 4. The lowest BCUT2D eigenvalue weighted by molar-refractivity contribution is -0.318. The van der Waals surface area contributed by atoms with Gasteiger partial charge in [-0.05, 0) is 73.5 Å². The lowest BCUT2D eigenvalue weighted by atomic mass is 9.69. The Bertz CT molecular complexity index is 1600. The highest BCUT2D eigenvalue weighted by Gasteiger charge is 2.53. The Balaban J connectivity index is 1.90. The molecule has 1 saturated carbocycles. The van der Waals surface area contributed by atoms with Crippen molar-refractivity contribution in [3.05, 3.63) is 35.6 Å². The van der Waals surface area contributed by atoms with E-state index in [1.54, 1.807) is 59.9 Å². The molecular formula is C46H77FN2O12. The molecule has 0 aromatic heterocycles. The summed E-state index contributed by atoms with van der Waals surface area (Å²) in [6.07, 6.45) is -7.00. The molecule has 18 atom stereocenters. The minimum atomic E-state index is -1.76. The molecule has 0 bridgehead atoms. The lowest BCUT2D eigenvalue weighted by Gasteiger charge is -2.50. The first-order valence-electron chi connectivity index (χ1n) is 22.1. The van der Waals surface area contributed by atoms with E-state index >= 15 is 0 Å². The van der Waals surface area contributed by atoms with Gasteiger partial charge in [0.2, 0.25) is 0 Å². The van der Waals surface area contributed by atoms with Crippen LogP contribution in [0, 0.1) is 35.4 Å². The number of hydrogen-bond acceptors (Lipinski definition) is 14. The van der Waals surface area contributed by atoms with E-state index in [-0.39, 0.29) is 43.8 Å². The van der Waals surface area contributed by atoms with Crippen molar-refractivity contribution < 1.29 is 62.9 Å². The van der Waals surface area contributed by atoms with Gasteiger partial charge in [-0.1, -0.05) is 64.4 Å². The van der Waals surface area contributed by atoms with Gasteiger partial charge < -0.3 is 58.6 Å². The third-order valence-corrected chi connectivity index (χ3v) is 14.3. The fourth-order valence-electron chi connectivity index (χ4n) is 9.99. The number of carbonyl (C=O) groups is 1. The third-order valence-electron chi connectivity index (χ3n) is 14.3. The summed E-state index contributed by atoms with van der Waals surface area (Å²) < 4.78 is 53.5. The van der Waals surface area contributed by atoms with E-state index in [0.29, 0.717) is 24.1 Å². The SMILES string of the molecule is CC[C@H]1CC(=O)[C@H](C)[C@@H](O[C@H]2C[C@@](C)(OC)[C@@H](O)[C@H](C)O2)[C@H](C)[C@@H](O[C@@H]2O[C@H](C)C[C@H](N(C)C)[C@H]2O)[C@](C)(OC)C[C@@H](C)/C(=N\OCc2ccccc2F)[C@H](C)[C@@H](O)[C@]1(C)O. The van der Waals surface area contributed by atoms with Gasteiger partial charge in [-0.15, -0.1) is 0 Å². The van der Waals surface area contributed by atoms with Gasteiger partial charge in [-0.3, -0.25) is 4.79 Å². The summed E-state index contributed by atoms with van der Waals surface area (Å²) in [4.78, 5) is 22.5. The first kappa shape index (κ1) is 51.5. The summed E-state index contributed by atoms with van der Waals surface area (Å²) in [5.74, 6) is -4.13. The Morgan fingerprint density at radius 1 is 0.902 bits per heavy atom. The molecule has 14 nitrogen and oxygen atoms in total. The number of benzene rings is 1. The normalized spacial score (nSPS) is 44.2. The van der Waals surface area contributed by atoms with Gasteiger partial charge in [0.1, 0.15) is 30.4 Å². The molecular weight excluding hydrogens is 792 g/mol. The largest absolute Gasteiger partial charge is 0.391 e. The Hall–Kier alpha value is -2.15. The van der Waals surface area contributed by atoms with Gasteiger partial charge >= 0.3 is 0 Å². The Labute approximate surface area is 363 Å². The van der Waals surface area contributed by atoms with Crippen molar-refractivity contribution in [2.24, 2.45) is 34.7 Å². The number of ketones is 1. The molecule has 4 rings (SSSR count). The lowest BCUT2D eigenvalue weighted by Crippen LogP contribution is -2.61. The third kappa shape index (κ3) is 11.6. The van der Waals surface area contributed by atoms with Gasteiger partial charge in [0.25, 0.3) is 0 Å². The van der Waals surface area contributed by atoms with Crippen LogP contribution in [0.2, 0.25) is 0 Å². The molecule has 15 heteroatoms. The molecule has 0 amide bonds. The van der Waals surface area contributed by atoms with E-state index in [9.17, 15) is 29.6 Å². The van der Waals surface area contributed by atoms with E-state index in [4.69, 9.17) is 33.3 Å². The van der Waals surface area contributed by atoms with Crippen molar-refractivity contribution in [2.75, 3.05) is 28.3 Å². The molecule has 2 saturated heterocycles. The predicted molar refractivity (Wildman–Crippen MR) is 228 cm³/mol. The molecule has 0 spiro atoms. The van der Waals surface area contributed by atoms with Crippen molar-refractivity contribution in [2.45, 2.75) is 186 Å². The number of Topliss-reactive ketones (excluding diaryl/α,β-unsaturated/α-hetero) is 1. The summed E-state index contributed by atoms with van der Waals surface area (Å²) in [6.45, 7) is 17.9. The summed E-state index contributed by atoms with van der Waals surface area (Å²) >= 11 is 0. The van der Waals surface area contributed by atoms with Gasteiger partial charge in [-0.25, -0.2) is 4.39 Å². The minimum absolute atomic E-state index is 0.0944. The number of likely N-dealkylation sites (N-methyl/N-ethyl adjacent to an activating group) is 1. The number of halogens is 1. The van der Waals surface area contributed by atoms with Gasteiger partial charge in [0.15, 0.2) is 12.6 Å². The molecule has 0 unspecified atom stereocenters. The van der Waals surface area contributed by atoms with Gasteiger partial charge in [0.05, 0.1) is 53.0 Å². The van der Waals surface area contributed by atoms with Crippen LogP contribution in [0.4, 0.5) is 4.39 Å². The van der Waals surface area contributed by atoms with E-state index in [2.05, 4.69) is 5.16 Å². The Morgan fingerprint density at radius 3 is 2.13 bits per heavy atom. The number of carbonyl (C=O) groups excluding carboxylic acids is 1. The number of aliphatic hydroxyl groups excluding tert-OH is 3. The van der Waals surface area contributed by atoms with Crippen LogP contribution in [0.3, 0.4) is 0 Å². The van der Waals surface area contributed by atoms with Crippen LogP contribution in [0.15, 0.2) is 29.4 Å². The van der Waals surface area contributed by atoms with Crippen molar-refractivity contribution >= 4 is 11.5 Å². The van der Waals surface area contributed by atoms with E-state index in [1.807, 2.05) is 53.6 Å². The molecule has 2 heterocycles. The van der Waals surface area contributed by atoms with E-state index < -0.39 is 101 Å². The second-order valence-corrected chi connectivity index (χ2v) is 19.1. The fourth-order valence-corrected chi connectivity index (χ4v) is 9.99. The molecule has 1 aromatic rings. The minimum Gasteiger partial charge on any atom is -0.391 e. The first-order valence-corrected chi connectivity index (χ1v) is 22.1. The number of oxime groups is 1. The van der Waals surface area contributed by atoms with Crippen LogP contribution in [0.1, 0.15) is 107 Å². The average Bonchev–Trinajstić information content (AvgIpc) is 3.21. The molecule has 3 aliphatic rings. The standard InChI is InChI=1S/C46H77FN2O12/c1-15-32-21-35(50)27(4)39(60-36-23-44(8,55-13)41(53)30(7)59-36)29(6)42(61-43-38(51)34(49(11)12)20-26(3)58-43)45(9,56-14)22-25(2)37(28(5)40(52)46(32,10)54)48-57-24-31-18-16-17-19-33(31)47/h16-19,25-30,32,34,36,38-43,51-54H,15,20-24H2,1-14H3/b48-37+/t25-,26-,27+,28+,29+,30+,32+,34+,36+,38-,39-,40-,41+,42-,43+,44-,45-,46-/m1/s1. The quantitative estimate of drug-likeness (QED) is 0.213. The maximum absolute atomic E-state index is 14.7. The van der Waals surface area contributed by atoms with Gasteiger partial charge in [0, 0.05) is 62.3 Å². The maximum Gasteiger partial charge on any atom is 0.185 e. The summed E-state index contributed by atoms with van der Waals surface area (Å²) in [7, 11) is 6.87. The van der Waals surface area contributed by atoms with Crippen LogP contribution in [-0.4, -0.2) is 143 Å². The first-order chi connectivity index (χ1) is 28.5. The molecule has 3 fully saturated rings. The zero-order valence-corrected chi connectivity index (χ0v) is 39.0. The maximum atomic E-state index is 14.7. The molecule has 350 valence electrons. The molecule has 0 radical (unpaired) electrons. The van der Waals surface area contributed by atoms with Crippen LogP contribution >= 0.6 is 0 Å². The smallest absolute Gasteiger partial charge is 0.185 e. The molecule has 61 heavy (non-hydrogen) atoms. The molecule has 1 aliphatic carbocycles. The second kappa shape index (κ2) is 21.2. The van der Waals surface area contributed by atoms with Crippen LogP contribution in [-0.2, 0) is 44.7 Å². The highest BCUT2D eigenvalue weighted by Crippen LogP contribution is 2.43. The highest BCUT2D eigenvalue weighted by atomic mass is 19.1. The van der Waals surface area contributed by atoms with Gasteiger partial charge in [-0.2, -0.15) is 0 Å². The second-order valence-electron chi connectivity index (χ2n) is 19.1. The summed E-state index contributed by atoms with van der Waals surface area (Å²) in [5.41, 5.74) is -3.33. The molecule has 4 N–H and O–H groups in total. The topological polar surface area (TPSA) is 178 Å². The zero-order valence-electron chi connectivity index (χ0n) is 39.0. The summed E-state index contributed by atoms with van der Waals surface area (Å²) in [6, 6.07) is 5.94. The van der Waals surface area contributed by atoms with Crippen molar-refractivity contribution in [1.82, 2.24) is 4.90 Å². The number of methoxy groups -OCH3 is 2. The van der Waals surface area contributed by atoms with E-state index in [1.165, 1.54) is 13.2 Å². The summed E-state index contributed by atoms with van der Waals surface area (Å²) in [5, 5.41) is 51.7. The number of rotatable bonds is 11. The monoisotopic (exact) mass is 869 g/mol. The molecule has 1 aromatic carbocycles. The van der Waals surface area contributed by atoms with Crippen LogP contribution < -0.4 is 0 Å². The molecule has 2 aliphatic heterocycles. The fraction of sp³-hybridized carbons (Fsp3) is 0.826. The number of nitrogens with zero attached hydrogens (tertiary/aromatic N) is 2. The van der Waals surface area contributed by atoms with Crippen molar-refractivity contribution in [1.29, 1.82) is 0 Å². The number of ether oxygens (including phenoxy) is 6. The number of aliphatic hydroxyl groups is 4. The average molecular weight is 869 g/mol. The van der Waals surface area contributed by atoms with Crippen LogP contribution in [0.25, 0.3) is 0 Å². The Kier molecular flexibility index (Phi) is 17.9. The van der Waals surface area contributed by atoms with E-state index in [0.717, 1.165) is 0 Å². The highest BCUT2D eigenvalue weighted by molar-refractivity contribution is 5.89.